The molecule has 1 aliphatic heterocycles. The second kappa shape index (κ2) is 12.9. The van der Waals surface area contributed by atoms with E-state index in [2.05, 4.69) is 68.8 Å². The molecule has 2 N–H and O–H groups in total. The summed E-state index contributed by atoms with van der Waals surface area (Å²) in [5, 5.41) is 11.2. The number of guanidine groups is 1. The fourth-order valence-corrected chi connectivity index (χ4v) is 3.59. The molecular formula is C22H36IN7. The van der Waals surface area contributed by atoms with Crippen molar-refractivity contribution in [2.75, 3.05) is 59.9 Å². The largest absolute Gasteiger partial charge is 0.356 e. The Hall–Kier alpha value is -1.65. The van der Waals surface area contributed by atoms with Gasteiger partial charge in [-0.05, 0) is 43.1 Å². The minimum atomic E-state index is 0. The van der Waals surface area contributed by atoms with Gasteiger partial charge in [-0.15, -0.1) is 24.0 Å². The van der Waals surface area contributed by atoms with Crippen LogP contribution in [0.15, 0.2) is 47.7 Å². The summed E-state index contributed by atoms with van der Waals surface area (Å²) in [5.41, 5.74) is 2.38. The van der Waals surface area contributed by atoms with Gasteiger partial charge >= 0.3 is 0 Å². The van der Waals surface area contributed by atoms with Crippen LogP contribution in [0.5, 0.6) is 0 Å². The quantitative estimate of drug-likeness (QED) is 0.314. The molecular weight excluding hydrogens is 489 g/mol. The van der Waals surface area contributed by atoms with E-state index in [-0.39, 0.29) is 24.0 Å². The van der Waals surface area contributed by atoms with Crippen molar-refractivity contribution in [1.29, 1.82) is 0 Å². The molecule has 166 valence electrons. The lowest BCUT2D eigenvalue weighted by Crippen LogP contribution is -2.47. The van der Waals surface area contributed by atoms with E-state index < -0.39 is 0 Å². The van der Waals surface area contributed by atoms with E-state index in [1.165, 1.54) is 31.7 Å². The highest BCUT2D eigenvalue weighted by molar-refractivity contribution is 14.0. The highest BCUT2D eigenvalue weighted by Gasteiger charge is 2.16. The van der Waals surface area contributed by atoms with Gasteiger partial charge in [0.05, 0.1) is 5.69 Å². The molecule has 1 fully saturated rings. The fourth-order valence-electron chi connectivity index (χ4n) is 3.59. The van der Waals surface area contributed by atoms with E-state index >= 15 is 0 Å². The van der Waals surface area contributed by atoms with Crippen LogP contribution in [0.1, 0.15) is 12.5 Å². The molecule has 1 aromatic heterocycles. The first-order chi connectivity index (χ1) is 14.1. The molecule has 30 heavy (non-hydrogen) atoms. The minimum absolute atomic E-state index is 0. The Labute approximate surface area is 197 Å². The third-order valence-electron chi connectivity index (χ3n) is 5.42. The molecule has 2 heterocycles. The minimum Gasteiger partial charge on any atom is -0.356 e. The van der Waals surface area contributed by atoms with Crippen molar-refractivity contribution < 1.29 is 0 Å². The van der Waals surface area contributed by atoms with Crippen molar-refractivity contribution in [3.63, 3.8) is 0 Å². The number of aromatic nitrogens is 2. The molecule has 1 atom stereocenters. The Morgan fingerprint density at radius 3 is 2.50 bits per heavy atom. The lowest BCUT2D eigenvalue weighted by molar-refractivity contribution is 0.139. The summed E-state index contributed by atoms with van der Waals surface area (Å²) in [5.74, 6) is 1.47. The van der Waals surface area contributed by atoms with Crippen molar-refractivity contribution in [1.82, 2.24) is 30.2 Å². The third kappa shape index (κ3) is 7.88. The van der Waals surface area contributed by atoms with Gasteiger partial charge in [0.25, 0.3) is 0 Å². The second-order valence-corrected chi connectivity index (χ2v) is 7.96. The topological polar surface area (TPSA) is 60.7 Å². The van der Waals surface area contributed by atoms with Crippen molar-refractivity contribution in [3.05, 3.63) is 48.3 Å². The van der Waals surface area contributed by atoms with Gasteiger partial charge < -0.3 is 20.4 Å². The summed E-state index contributed by atoms with van der Waals surface area (Å²) in [7, 11) is 4.03. The van der Waals surface area contributed by atoms with E-state index in [0.29, 0.717) is 5.92 Å². The Morgan fingerprint density at radius 1 is 1.13 bits per heavy atom. The number of halogens is 1. The first-order valence-electron chi connectivity index (χ1n) is 10.6. The summed E-state index contributed by atoms with van der Waals surface area (Å²) < 4.78 is 1.87. The van der Waals surface area contributed by atoms with Crippen molar-refractivity contribution in [2.24, 2.45) is 10.9 Å². The number of piperazine rings is 1. The molecule has 0 radical (unpaired) electrons. The van der Waals surface area contributed by atoms with Crippen LogP contribution in [0.2, 0.25) is 0 Å². The molecule has 0 aliphatic carbocycles. The number of aliphatic imine (C=N–C) groups is 1. The standard InChI is InChI=1S/C22H35N7.HI/c1-19(18-28-15-13-27(3)14-16-28)17-25-22(23-2)24-11-9-20-5-7-21(8-6-20)29-12-4-10-26-29;/h4-8,10,12,19H,9,11,13-18H2,1-3H3,(H2,23,24,25);1H. The number of nitrogens with zero attached hydrogens (tertiary/aromatic N) is 5. The van der Waals surface area contributed by atoms with E-state index in [1.807, 2.05) is 24.0 Å². The SMILES string of the molecule is CN=C(NCCc1ccc(-n2cccn2)cc1)NCC(C)CN1CCN(C)CC1.I. The number of rotatable bonds is 8. The van der Waals surface area contributed by atoms with Gasteiger partial charge in [0, 0.05) is 65.3 Å². The average molecular weight is 525 g/mol. The molecule has 2 aromatic rings. The predicted molar refractivity (Wildman–Crippen MR) is 135 cm³/mol. The van der Waals surface area contributed by atoms with Gasteiger partial charge in [-0.25, -0.2) is 4.68 Å². The lowest BCUT2D eigenvalue weighted by Gasteiger charge is -2.34. The van der Waals surface area contributed by atoms with Crippen molar-refractivity contribution in [2.45, 2.75) is 13.3 Å². The zero-order chi connectivity index (χ0) is 20.5. The molecule has 0 amide bonds. The predicted octanol–water partition coefficient (Wildman–Crippen LogP) is 2.08. The van der Waals surface area contributed by atoms with Crippen LogP contribution < -0.4 is 10.6 Å². The normalized spacial score (nSPS) is 16.7. The number of nitrogens with one attached hydrogen (secondary N) is 2. The van der Waals surface area contributed by atoms with Crippen LogP contribution in [0.4, 0.5) is 0 Å². The van der Waals surface area contributed by atoms with Gasteiger partial charge in [0.2, 0.25) is 0 Å². The maximum absolute atomic E-state index is 4.36. The summed E-state index contributed by atoms with van der Waals surface area (Å²) in [6.07, 6.45) is 4.70. The zero-order valence-corrected chi connectivity index (χ0v) is 20.8. The molecule has 1 aromatic carbocycles. The van der Waals surface area contributed by atoms with Gasteiger partial charge in [-0.2, -0.15) is 5.10 Å². The Balaban J connectivity index is 0.00000320. The van der Waals surface area contributed by atoms with Crippen LogP contribution in [0, 0.1) is 5.92 Å². The first-order valence-corrected chi connectivity index (χ1v) is 10.6. The number of hydrogen-bond donors (Lipinski definition) is 2. The van der Waals surface area contributed by atoms with Crippen molar-refractivity contribution in [3.8, 4) is 5.69 Å². The molecule has 0 bridgehead atoms. The van der Waals surface area contributed by atoms with Crippen LogP contribution in [-0.2, 0) is 6.42 Å². The Bertz CT molecular complexity index is 737. The van der Waals surface area contributed by atoms with Gasteiger partial charge in [0.1, 0.15) is 0 Å². The molecule has 3 rings (SSSR count). The molecule has 1 aliphatic rings. The van der Waals surface area contributed by atoms with E-state index in [0.717, 1.165) is 37.7 Å². The molecule has 0 saturated carbocycles. The van der Waals surface area contributed by atoms with Crippen LogP contribution in [-0.4, -0.2) is 85.4 Å². The number of benzene rings is 1. The third-order valence-corrected chi connectivity index (χ3v) is 5.42. The van der Waals surface area contributed by atoms with E-state index in [9.17, 15) is 0 Å². The van der Waals surface area contributed by atoms with E-state index in [4.69, 9.17) is 0 Å². The summed E-state index contributed by atoms with van der Waals surface area (Å²) >= 11 is 0. The van der Waals surface area contributed by atoms with Crippen LogP contribution >= 0.6 is 24.0 Å². The number of hydrogen-bond acceptors (Lipinski definition) is 4. The zero-order valence-electron chi connectivity index (χ0n) is 18.4. The summed E-state index contributed by atoms with van der Waals surface area (Å²) in [4.78, 5) is 9.32. The van der Waals surface area contributed by atoms with E-state index in [1.54, 1.807) is 6.20 Å². The van der Waals surface area contributed by atoms with Gasteiger partial charge in [-0.3, -0.25) is 4.99 Å². The first kappa shape index (κ1) is 24.6. The Morgan fingerprint density at radius 2 is 1.87 bits per heavy atom. The molecule has 7 nitrogen and oxygen atoms in total. The number of likely N-dealkylation sites (N-methyl/N-ethyl adjacent to an activating group) is 1. The molecule has 1 unspecified atom stereocenters. The molecule has 8 heteroatoms. The highest BCUT2D eigenvalue weighted by Crippen LogP contribution is 2.09. The second-order valence-electron chi connectivity index (χ2n) is 7.96. The highest BCUT2D eigenvalue weighted by atomic mass is 127. The van der Waals surface area contributed by atoms with Crippen LogP contribution in [0.25, 0.3) is 5.69 Å². The molecule has 0 spiro atoms. The monoisotopic (exact) mass is 525 g/mol. The Kier molecular flexibility index (Phi) is 10.6. The summed E-state index contributed by atoms with van der Waals surface area (Å²) in [6.45, 7) is 9.93. The maximum Gasteiger partial charge on any atom is 0.190 e. The average Bonchev–Trinajstić information content (AvgIpc) is 3.27. The van der Waals surface area contributed by atoms with Crippen LogP contribution in [0.3, 0.4) is 0 Å². The molecule has 1 saturated heterocycles. The maximum atomic E-state index is 4.36. The van der Waals surface area contributed by atoms with Gasteiger partial charge in [0.15, 0.2) is 5.96 Å². The van der Waals surface area contributed by atoms with Gasteiger partial charge in [-0.1, -0.05) is 19.1 Å². The fraction of sp³-hybridized carbons (Fsp3) is 0.545. The smallest absolute Gasteiger partial charge is 0.190 e. The lowest BCUT2D eigenvalue weighted by atomic mass is 10.1. The van der Waals surface area contributed by atoms with Crippen molar-refractivity contribution >= 4 is 29.9 Å². The summed E-state index contributed by atoms with van der Waals surface area (Å²) in [6, 6.07) is 10.5.